The minimum absolute atomic E-state index is 0.763. The van der Waals surface area contributed by atoms with Gasteiger partial charge < -0.3 is 9.30 Å². The number of imidazole rings is 1. The molecular weight excluding hydrogens is 386 g/mol. The minimum atomic E-state index is 0.763. The van der Waals surface area contributed by atoms with E-state index in [0.717, 1.165) is 64.2 Å². The second-order valence-electron chi connectivity index (χ2n) is 5.95. The summed E-state index contributed by atoms with van der Waals surface area (Å²) in [7, 11) is 0. The fourth-order valence-corrected chi connectivity index (χ4v) is 4.43. The molecule has 1 aliphatic rings. The van der Waals surface area contributed by atoms with Gasteiger partial charge in [0, 0.05) is 16.6 Å². The number of benzene rings is 2. The Bertz CT molecular complexity index is 1070. The number of aromatic nitrogens is 3. The van der Waals surface area contributed by atoms with Crippen LogP contribution in [0.4, 0.5) is 0 Å². The highest BCUT2D eigenvalue weighted by atomic mass is 79.9. The number of thiazole rings is 1. The number of aryl methyl sites for hydroxylation is 1. The lowest BCUT2D eigenvalue weighted by atomic mass is 10.2. The molecule has 2 aromatic carbocycles. The predicted octanol–water partition coefficient (Wildman–Crippen LogP) is 5.25. The quantitative estimate of drug-likeness (QED) is 0.438. The van der Waals surface area contributed by atoms with Crippen LogP contribution in [0.3, 0.4) is 0 Å². The van der Waals surface area contributed by atoms with Gasteiger partial charge in [0.1, 0.15) is 17.1 Å². The van der Waals surface area contributed by atoms with Gasteiger partial charge in [0.15, 0.2) is 0 Å². The largest absolute Gasteiger partial charge is 0.491 e. The first-order valence-electron chi connectivity index (χ1n) is 7.96. The molecule has 0 amide bonds. The van der Waals surface area contributed by atoms with Gasteiger partial charge in [0.25, 0.3) is 0 Å². The normalized spacial score (nSPS) is 14.5. The summed E-state index contributed by atoms with van der Waals surface area (Å²) in [5.74, 6) is 1.92. The van der Waals surface area contributed by atoms with E-state index in [4.69, 9.17) is 9.72 Å². The predicted molar refractivity (Wildman–Crippen MR) is 101 cm³/mol. The number of rotatable bonds is 1. The molecule has 5 rings (SSSR count). The fraction of sp³-hybridized carbons (Fsp3) is 0.222. The molecule has 0 fully saturated rings. The Morgan fingerprint density at radius 1 is 1.12 bits per heavy atom. The molecule has 1 aliphatic heterocycles. The topological polar surface area (TPSA) is 39.9 Å². The highest BCUT2D eigenvalue weighted by Gasteiger charge is 2.19. The second kappa shape index (κ2) is 5.57. The van der Waals surface area contributed by atoms with Gasteiger partial charge in [-0.1, -0.05) is 15.9 Å². The average Bonchev–Trinajstić information content (AvgIpc) is 3.15. The highest BCUT2D eigenvalue weighted by Crippen LogP contribution is 2.36. The minimum Gasteiger partial charge on any atom is -0.491 e. The third-order valence-electron chi connectivity index (χ3n) is 4.39. The maximum atomic E-state index is 5.99. The van der Waals surface area contributed by atoms with E-state index in [1.54, 1.807) is 11.3 Å². The van der Waals surface area contributed by atoms with Crippen LogP contribution in [0, 0.1) is 0 Å². The molecular formula is C18H14BrN3OS. The summed E-state index contributed by atoms with van der Waals surface area (Å²) in [6.07, 6.45) is 2.15. The summed E-state index contributed by atoms with van der Waals surface area (Å²) < 4.78 is 10.5. The van der Waals surface area contributed by atoms with Crippen LogP contribution < -0.4 is 4.74 Å². The van der Waals surface area contributed by atoms with Gasteiger partial charge in [-0.05, 0) is 43.2 Å². The zero-order chi connectivity index (χ0) is 16.1. The molecule has 0 atom stereocenters. The van der Waals surface area contributed by atoms with Gasteiger partial charge in [-0.15, -0.1) is 11.3 Å². The summed E-state index contributed by atoms with van der Waals surface area (Å²) in [4.78, 5) is 9.30. The van der Waals surface area contributed by atoms with Crippen LogP contribution in [0.2, 0.25) is 0 Å². The van der Waals surface area contributed by atoms with Crippen LogP contribution in [-0.2, 0) is 6.54 Å². The molecule has 2 aromatic heterocycles. The van der Waals surface area contributed by atoms with Gasteiger partial charge in [-0.25, -0.2) is 9.97 Å². The van der Waals surface area contributed by atoms with Crippen LogP contribution in [-0.4, -0.2) is 21.1 Å². The first-order chi connectivity index (χ1) is 11.8. The zero-order valence-electron chi connectivity index (χ0n) is 12.8. The molecule has 6 heteroatoms. The van der Waals surface area contributed by atoms with Gasteiger partial charge in [0.05, 0.1) is 27.9 Å². The van der Waals surface area contributed by atoms with Crippen molar-refractivity contribution in [1.82, 2.24) is 14.5 Å². The van der Waals surface area contributed by atoms with Crippen molar-refractivity contribution in [2.24, 2.45) is 0 Å². The Morgan fingerprint density at radius 2 is 2.08 bits per heavy atom. The van der Waals surface area contributed by atoms with Crippen LogP contribution in [0.1, 0.15) is 12.8 Å². The first kappa shape index (κ1) is 14.4. The summed E-state index contributed by atoms with van der Waals surface area (Å²) in [6, 6.07) is 10.5. The van der Waals surface area contributed by atoms with E-state index in [9.17, 15) is 0 Å². The zero-order valence-corrected chi connectivity index (χ0v) is 15.2. The molecule has 0 saturated heterocycles. The maximum absolute atomic E-state index is 5.99. The van der Waals surface area contributed by atoms with Gasteiger partial charge in [0.2, 0.25) is 0 Å². The molecule has 0 aliphatic carbocycles. The van der Waals surface area contributed by atoms with Gasteiger partial charge >= 0.3 is 0 Å². The lowest BCUT2D eigenvalue weighted by molar-refractivity contribution is 0.299. The van der Waals surface area contributed by atoms with Crippen LogP contribution in [0.5, 0.6) is 5.75 Å². The van der Waals surface area contributed by atoms with Crippen molar-refractivity contribution >= 4 is 48.5 Å². The molecule has 4 nitrogen and oxygen atoms in total. The molecule has 0 radical (unpaired) electrons. The summed E-state index contributed by atoms with van der Waals surface area (Å²) >= 11 is 5.24. The Labute approximate surface area is 151 Å². The Balaban J connectivity index is 1.80. The van der Waals surface area contributed by atoms with Crippen molar-refractivity contribution < 1.29 is 4.74 Å². The van der Waals surface area contributed by atoms with Crippen molar-refractivity contribution in [3.05, 3.63) is 40.3 Å². The first-order valence-corrected chi connectivity index (χ1v) is 9.63. The summed E-state index contributed by atoms with van der Waals surface area (Å²) in [5, 5.41) is 0. The number of ether oxygens (including phenoxy) is 1. The van der Waals surface area contributed by atoms with Crippen molar-refractivity contribution in [3.63, 3.8) is 0 Å². The molecule has 0 saturated carbocycles. The van der Waals surface area contributed by atoms with Crippen molar-refractivity contribution in [1.29, 1.82) is 0 Å². The Kier molecular flexibility index (Phi) is 3.35. The molecule has 0 unspecified atom stereocenters. The number of fused-ring (bicyclic) bond motifs is 1. The van der Waals surface area contributed by atoms with E-state index in [2.05, 4.69) is 49.7 Å². The van der Waals surface area contributed by atoms with E-state index in [1.165, 1.54) is 4.70 Å². The van der Waals surface area contributed by atoms with E-state index in [1.807, 2.05) is 11.6 Å². The number of nitrogens with zero attached hydrogens (tertiary/aromatic N) is 3. The monoisotopic (exact) mass is 399 g/mol. The lowest BCUT2D eigenvalue weighted by Crippen LogP contribution is -2.08. The van der Waals surface area contributed by atoms with E-state index in [0.29, 0.717) is 0 Å². The van der Waals surface area contributed by atoms with E-state index in [-0.39, 0.29) is 0 Å². The van der Waals surface area contributed by atoms with E-state index >= 15 is 0 Å². The maximum Gasteiger partial charge on any atom is 0.146 e. The standard InChI is InChI=1S/C18H14BrN3OS/c19-12-8-14-17-15(9-12)23-6-2-1-5-22(17)18(21-14)11-3-4-13-16(7-11)24-10-20-13/h3-4,7-10H,1-2,5-6H2. The third-order valence-corrected chi connectivity index (χ3v) is 5.64. The smallest absolute Gasteiger partial charge is 0.146 e. The van der Waals surface area contributed by atoms with Crippen LogP contribution in [0.25, 0.3) is 32.6 Å². The molecule has 0 N–H and O–H groups in total. The Hall–Kier alpha value is -1.92. The van der Waals surface area contributed by atoms with Gasteiger partial charge in [-0.2, -0.15) is 0 Å². The fourth-order valence-electron chi connectivity index (χ4n) is 3.29. The van der Waals surface area contributed by atoms with Crippen LogP contribution in [0.15, 0.2) is 40.3 Å². The molecule has 3 heterocycles. The van der Waals surface area contributed by atoms with Crippen molar-refractivity contribution in [2.75, 3.05) is 6.61 Å². The molecule has 24 heavy (non-hydrogen) atoms. The SMILES string of the molecule is Brc1cc2c3c(c1)nc(-c1ccc4ncsc4c1)n3CCCCO2. The summed E-state index contributed by atoms with van der Waals surface area (Å²) in [5.41, 5.74) is 6.13. The van der Waals surface area contributed by atoms with Gasteiger partial charge in [-0.3, -0.25) is 0 Å². The van der Waals surface area contributed by atoms with Crippen molar-refractivity contribution in [2.45, 2.75) is 19.4 Å². The molecule has 0 spiro atoms. The number of halogens is 1. The molecule has 0 bridgehead atoms. The highest BCUT2D eigenvalue weighted by molar-refractivity contribution is 9.10. The van der Waals surface area contributed by atoms with E-state index < -0.39 is 0 Å². The number of hydrogen-bond acceptors (Lipinski definition) is 4. The summed E-state index contributed by atoms with van der Waals surface area (Å²) in [6.45, 7) is 1.73. The third kappa shape index (κ3) is 2.24. The second-order valence-corrected chi connectivity index (χ2v) is 7.75. The van der Waals surface area contributed by atoms with Crippen LogP contribution >= 0.6 is 27.3 Å². The Morgan fingerprint density at radius 3 is 3.04 bits per heavy atom. The van der Waals surface area contributed by atoms with Crippen molar-refractivity contribution in [3.8, 4) is 17.1 Å². The average molecular weight is 400 g/mol. The lowest BCUT2D eigenvalue weighted by Gasteiger charge is -2.16. The molecule has 120 valence electrons. The molecule has 4 aromatic rings. The number of hydrogen-bond donors (Lipinski definition) is 0.